The summed E-state index contributed by atoms with van der Waals surface area (Å²) in [5, 5.41) is 7.35. The predicted octanol–water partition coefficient (Wildman–Crippen LogP) is 2.54. The van der Waals surface area contributed by atoms with Crippen LogP contribution in [0.15, 0.2) is 53.6 Å². The highest BCUT2D eigenvalue weighted by Crippen LogP contribution is 2.24. The van der Waals surface area contributed by atoms with Crippen molar-refractivity contribution in [1.82, 2.24) is 10.2 Å². The number of hydrogen-bond donors (Lipinski definition) is 2. The van der Waals surface area contributed by atoms with E-state index in [-0.39, 0.29) is 11.5 Å². The van der Waals surface area contributed by atoms with Gasteiger partial charge in [-0.05, 0) is 43.3 Å². The molecule has 0 amide bonds. The van der Waals surface area contributed by atoms with Crippen LogP contribution in [0.2, 0.25) is 0 Å². The van der Waals surface area contributed by atoms with Crippen molar-refractivity contribution >= 4 is 32.6 Å². The lowest BCUT2D eigenvalue weighted by Crippen LogP contribution is -2.13. The number of anilines is 1. The van der Waals surface area contributed by atoms with Crippen LogP contribution < -0.4 is 4.72 Å². The van der Waals surface area contributed by atoms with E-state index in [0.717, 1.165) is 5.52 Å². The Bertz CT molecular complexity index is 978. The molecule has 0 unspecified atom stereocenters. The molecular weight excluding hydrogens is 330 g/mol. The zero-order valence-electron chi connectivity index (χ0n) is 12.8. The van der Waals surface area contributed by atoms with Gasteiger partial charge < -0.3 is 4.74 Å². The molecule has 2 N–H and O–H groups in total. The minimum atomic E-state index is -3.78. The van der Waals surface area contributed by atoms with Crippen molar-refractivity contribution in [2.75, 3.05) is 11.3 Å². The standard InChI is InChI=1S/C16H15N3O4S/c1-2-23-16(20)11-6-8-12(9-7-11)24(21,22)19-15-5-3-4-14-13(15)10-17-18-14/h3-10,19H,2H2,1H3,(H,17,18). The van der Waals surface area contributed by atoms with E-state index in [2.05, 4.69) is 14.9 Å². The first-order chi connectivity index (χ1) is 11.5. The number of aromatic nitrogens is 2. The molecule has 2 aromatic carbocycles. The molecule has 8 heteroatoms. The minimum Gasteiger partial charge on any atom is -0.462 e. The van der Waals surface area contributed by atoms with E-state index >= 15 is 0 Å². The first kappa shape index (κ1) is 16.0. The smallest absolute Gasteiger partial charge is 0.338 e. The lowest BCUT2D eigenvalue weighted by Gasteiger charge is -2.09. The molecule has 7 nitrogen and oxygen atoms in total. The second kappa shape index (κ2) is 6.32. The third kappa shape index (κ3) is 3.09. The van der Waals surface area contributed by atoms with Crippen LogP contribution in [0.5, 0.6) is 0 Å². The second-order valence-electron chi connectivity index (χ2n) is 4.99. The molecule has 124 valence electrons. The van der Waals surface area contributed by atoms with Crippen molar-refractivity contribution in [3.8, 4) is 0 Å². The summed E-state index contributed by atoms with van der Waals surface area (Å²) in [5.41, 5.74) is 1.45. The number of nitrogens with zero attached hydrogens (tertiary/aromatic N) is 1. The zero-order valence-corrected chi connectivity index (χ0v) is 13.6. The van der Waals surface area contributed by atoms with E-state index in [4.69, 9.17) is 4.74 Å². The lowest BCUT2D eigenvalue weighted by atomic mass is 10.2. The average Bonchev–Trinajstić information content (AvgIpc) is 3.05. The number of rotatable bonds is 5. The molecule has 0 atom stereocenters. The molecule has 0 aliphatic rings. The Labute approximate surface area is 138 Å². The number of carbonyl (C=O) groups is 1. The number of aromatic amines is 1. The average molecular weight is 345 g/mol. The molecule has 1 heterocycles. The molecule has 0 spiro atoms. The highest BCUT2D eigenvalue weighted by atomic mass is 32.2. The van der Waals surface area contributed by atoms with Crippen LogP contribution in [0.25, 0.3) is 10.9 Å². The van der Waals surface area contributed by atoms with Crippen LogP contribution in [-0.4, -0.2) is 31.2 Å². The van der Waals surface area contributed by atoms with Gasteiger partial charge >= 0.3 is 5.97 Å². The molecule has 1 aromatic heterocycles. The van der Waals surface area contributed by atoms with Gasteiger partial charge in [-0.25, -0.2) is 13.2 Å². The minimum absolute atomic E-state index is 0.0519. The van der Waals surface area contributed by atoms with Gasteiger partial charge in [0.25, 0.3) is 10.0 Å². The molecule has 0 saturated heterocycles. The van der Waals surface area contributed by atoms with Crippen LogP contribution in [-0.2, 0) is 14.8 Å². The molecule has 3 aromatic rings. The van der Waals surface area contributed by atoms with Crippen molar-refractivity contribution < 1.29 is 17.9 Å². The largest absolute Gasteiger partial charge is 0.462 e. The molecule has 0 radical (unpaired) electrons. The van der Waals surface area contributed by atoms with E-state index in [1.807, 2.05) is 0 Å². The summed E-state index contributed by atoms with van der Waals surface area (Å²) in [6.45, 7) is 1.96. The van der Waals surface area contributed by atoms with Gasteiger partial charge in [-0.1, -0.05) is 6.07 Å². The van der Waals surface area contributed by atoms with E-state index < -0.39 is 16.0 Å². The Morgan fingerprint density at radius 2 is 1.96 bits per heavy atom. The van der Waals surface area contributed by atoms with Crippen LogP contribution in [0, 0.1) is 0 Å². The molecule has 0 bridgehead atoms. The summed E-state index contributed by atoms with van der Waals surface area (Å²) in [6.07, 6.45) is 1.55. The van der Waals surface area contributed by atoms with Crippen molar-refractivity contribution in [3.05, 3.63) is 54.2 Å². The van der Waals surface area contributed by atoms with Crippen LogP contribution in [0.3, 0.4) is 0 Å². The summed E-state index contributed by atoms with van der Waals surface area (Å²) >= 11 is 0. The quantitative estimate of drug-likeness (QED) is 0.692. The summed E-state index contributed by atoms with van der Waals surface area (Å²) in [5.74, 6) is -0.488. The van der Waals surface area contributed by atoms with Gasteiger partial charge in [0.1, 0.15) is 0 Å². The summed E-state index contributed by atoms with van der Waals surface area (Å²) < 4.78 is 32.4. The van der Waals surface area contributed by atoms with E-state index in [1.54, 1.807) is 31.3 Å². The van der Waals surface area contributed by atoms with Crippen LogP contribution >= 0.6 is 0 Å². The normalized spacial score (nSPS) is 11.4. The van der Waals surface area contributed by atoms with E-state index in [0.29, 0.717) is 16.6 Å². The predicted molar refractivity (Wildman–Crippen MR) is 89.3 cm³/mol. The van der Waals surface area contributed by atoms with E-state index in [1.165, 1.54) is 24.3 Å². The maximum atomic E-state index is 12.5. The Balaban J connectivity index is 1.88. The molecule has 0 saturated carbocycles. The van der Waals surface area contributed by atoms with Gasteiger partial charge in [0, 0.05) is 5.39 Å². The molecule has 0 aliphatic heterocycles. The zero-order chi connectivity index (χ0) is 17.2. The third-order valence-corrected chi connectivity index (χ3v) is 4.79. The Kier molecular flexibility index (Phi) is 4.22. The number of carbonyl (C=O) groups excluding carboxylic acids is 1. The maximum absolute atomic E-state index is 12.5. The fourth-order valence-electron chi connectivity index (χ4n) is 2.25. The van der Waals surface area contributed by atoms with Gasteiger partial charge in [-0.3, -0.25) is 9.82 Å². The SMILES string of the molecule is CCOC(=O)c1ccc(S(=O)(=O)Nc2cccc3[nH]ncc23)cc1. The van der Waals surface area contributed by atoms with Crippen molar-refractivity contribution in [3.63, 3.8) is 0 Å². The number of benzene rings is 2. The number of ether oxygens (including phenoxy) is 1. The first-order valence-electron chi connectivity index (χ1n) is 7.23. The molecular formula is C16H15N3O4S. The Hall–Kier alpha value is -2.87. The third-order valence-electron chi connectivity index (χ3n) is 3.40. The molecule has 3 rings (SSSR count). The van der Waals surface area contributed by atoms with Crippen molar-refractivity contribution in [2.45, 2.75) is 11.8 Å². The second-order valence-corrected chi connectivity index (χ2v) is 6.67. The summed E-state index contributed by atoms with van der Waals surface area (Å²) in [4.78, 5) is 11.7. The monoisotopic (exact) mass is 345 g/mol. The fraction of sp³-hybridized carbons (Fsp3) is 0.125. The highest BCUT2D eigenvalue weighted by Gasteiger charge is 2.17. The van der Waals surface area contributed by atoms with Gasteiger partial charge in [0.2, 0.25) is 0 Å². The van der Waals surface area contributed by atoms with Crippen LogP contribution in [0.4, 0.5) is 5.69 Å². The molecule has 0 fully saturated rings. The van der Waals surface area contributed by atoms with Gasteiger partial charge in [-0.15, -0.1) is 0 Å². The van der Waals surface area contributed by atoms with Crippen molar-refractivity contribution in [2.24, 2.45) is 0 Å². The van der Waals surface area contributed by atoms with Crippen molar-refractivity contribution in [1.29, 1.82) is 0 Å². The van der Waals surface area contributed by atoms with Gasteiger partial charge in [0.15, 0.2) is 0 Å². The number of fused-ring (bicyclic) bond motifs is 1. The number of esters is 1. The Morgan fingerprint density at radius 3 is 2.67 bits per heavy atom. The first-order valence-corrected chi connectivity index (χ1v) is 8.71. The number of H-pyrrole nitrogens is 1. The molecule has 24 heavy (non-hydrogen) atoms. The Morgan fingerprint density at radius 1 is 1.21 bits per heavy atom. The van der Waals surface area contributed by atoms with Gasteiger partial charge in [0.05, 0.1) is 34.5 Å². The van der Waals surface area contributed by atoms with E-state index in [9.17, 15) is 13.2 Å². The summed E-state index contributed by atoms with van der Waals surface area (Å²) in [6, 6.07) is 10.8. The summed E-state index contributed by atoms with van der Waals surface area (Å²) in [7, 11) is -3.78. The highest BCUT2D eigenvalue weighted by molar-refractivity contribution is 7.92. The van der Waals surface area contributed by atoms with Crippen LogP contribution in [0.1, 0.15) is 17.3 Å². The number of hydrogen-bond acceptors (Lipinski definition) is 5. The maximum Gasteiger partial charge on any atom is 0.338 e. The number of nitrogens with one attached hydrogen (secondary N) is 2. The van der Waals surface area contributed by atoms with Gasteiger partial charge in [-0.2, -0.15) is 5.10 Å². The fourth-order valence-corrected chi connectivity index (χ4v) is 3.33. The molecule has 0 aliphatic carbocycles. The lowest BCUT2D eigenvalue weighted by molar-refractivity contribution is 0.0526. The topological polar surface area (TPSA) is 101 Å². The number of sulfonamides is 1.